The SMILES string of the molecule is CC(=O)N[C@H]1C(O)O[C@H](CO)[C@@H](O)[C@@H]1O.O=c1cc(F)n([C@@H]2O[C@H](COP(=O)(O)OP(=O)(O)O)[C@@H](O)[C@H]2O)c(=O)[nH]1. The number of halogens is 1. The molecule has 2 fully saturated rings. The third-order valence-electron chi connectivity index (χ3n) is 5.40. The summed E-state index contributed by atoms with van der Waals surface area (Å²) >= 11 is 0. The molecular formula is C17H28FN3O18P2. The van der Waals surface area contributed by atoms with Crippen molar-refractivity contribution in [3.05, 3.63) is 32.9 Å². The van der Waals surface area contributed by atoms with E-state index in [1.54, 1.807) is 4.98 Å². The Morgan fingerprint density at radius 2 is 1.63 bits per heavy atom. The highest BCUT2D eigenvalue weighted by Gasteiger charge is 2.47. The molecule has 2 unspecified atom stereocenters. The number of ether oxygens (including phenoxy) is 2. The molecule has 3 heterocycles. The third kappa shape index (κ3) is 9.51. The molecule has 1 aromatic heterocycles. The van der Waals surface area contributed by atoms with Crippen molar-refractivity contribution in [1.29, 1.82) is 0 Å². The normalized spacial score (nSPS) is 33.4. The fourth-order valence-electron chi connectivity index (χ4n) is 3.61. The van der Waals surface area contributed by atoms with Gasteiger partial charge in [-0.1, -0.05) is 0 Å². The molecule has 24 heteroatoms. The predicted molar refractivity (Wildman–Crippen MR) is 124 cm³/mol. The van der Waals surface area contributed by atoms with E-state index >= 15 is 0 Å². The van der Waals surface area contributed by atoms with Gasteiger partial charge in [-0.2, -0.15) is 8.70 Å². The summed E-state index contributed by atoms with van der Waals surface area (Å²) in [4.78, 5) is 61.1. The Bertz CT molecular complexity index is 1270. The van der Waals surface area contributed by atoms with E-state index in [1.807, 2.05) is 0 Å². The topological polar surface area (TPSA) is 337 Å². The lowest BCUT2D eigenvalue weighted by Crippen LogP contribution is -2.63. The summed E-state index contributed by atoms with van der Waals surface area (Å²) in [6.07, 6.45) is -12.5. The lowest BCUT2D eigenvalue weighted by Gasteiger charge is -2.40. The number of carbonyl (C=O) groups excluding carboxylic acids is 1. The van der Waals surface area contributed by atoms with Crippen molar-refractivity contribution >= 4 is 21.6 Å². The van der Waals surface area contributed by atoms with Crippen LogP contribution < -0.4 is 16.6 Å². The van der Waals surface area contributed by atoms with Gasteiger partial charge < -0.3 is 60.1 Å². The number of phosphoric acid groups is 2. The molecule has 1 amide bonds. The molecule has 1 aromatic rings. The van der Waals surface area contributed by atoms with E-state index in [0.717, 1.165) is 0 Å². The van der Waals surface area contributed by atoms with E-state index in [1.165, 1.54) is 6.92 Å². The highest BCUT2D eigenvalue weighted by Crippen LogP contribution is 2.57. The summed E-state index contributed by atoms with van der Waals surface area (Å²) in [5.74, 6) is -1.86. The first-order valence-electron chi connectivity index (χ1n) is 11.1. The van der Waals surface area contributed by atoms with Gasteiger partial charge in [-0.05, 0) is 0 Å². The van der Waals surface area contributed by atoms with Gasteiger partial charge in [0, 0.05) is 6.92 Å². The largest absolute Gasteiger partial charge is 0.481 e. The lowest BCUT2D eigenvalue weighted by molar-refractivity contribution is -0.253. The molecule has 0 aromatic carbocycles. The van der Waals surface area contributed by atoms with Crippen molar-refractivity contribution in [2.75, 3.05) is 13.2 Å². The lowest BCUT2D eigenvalue weighted by atomic mass is 9.97. The fourth-order valence-corrected chi connectivity index (χ4v) is 5.21. The van der Waals surface area contributed by atoms with Crippen LogP contribution in [0.5, 0.6) is 0 Å². The first kappa shape index (κ1) is 35.2. The zero-order chi connectivity index (χ0) is 31.4. The Kier molecular flexibility index (Phi) is 12.0. The summed E-state index contributed by atoms with van der Waals surface area (Å²) in [5.41, 5.74) is -2.36. The quantitative estimate of drug-likeness (QED) is 0.0929. The Morgan fingerprint density at radius 3 is 2.15 bits per heavy atom. The molecule has 0 bridgehead atoms. The second kappa shape index (κ2) is 14.0. The molecule has 21 nitrogen and oxygen atoms in total. The van der Waals surface area contributed by atoms with E-state index in [9.17, 15) is 53.4 Å². The predicted octanol–water partition coefficient (Wildman–Crippen LogP) is -5.56. The second-order valence-corrected chi connectivity index (χ2v) is 11.3. The van der Waals surface area contributed by atoms with Gasteiger partial charge in [0.1, 0.15) is 42.7 Å². The smallest absolute Gasteiger partial charge is 0.394 e. The molecule has 2 aliphatic rings. The maximum absolute atomic E-state index is 13.8. The first-order chi connectivity index (χ1) is 18.8. The zero-order valence-electron chi connectivity index (χ0n) is 20.6. The number of nitrogens with zero attached hydrogens (tertiary/aromatic N) is 1. The van der Waals surface area contributed by atoms with E-state index in [2.05, 4.69) is 14.2 Å². The molecule has 10 atom stereocenters. The fraction of sp³-hybridized carbons (Fsp3) is 0.706. The van der Waals surface area contributed by atoms with Crippen molar-refractivity contribution in [1.82, 2.24) is 14.9 Å². The maximum atomic E-state index is 13.8. The van der Waals surface area contributed by atoms with Gasteiger partial charge in [-0.15, -0.1) is 0 Å². The molecule has 0 spiro atoms. The Labute approximate surface area is 227 Å². The Hall–Kier alpha value is -1.98. The van der Waals surface area contributed by atoms with Gasteiger partial charge >= 0.3 is 21.3 Å². The molecule has 0 radical (unpaired) electrons. The van der Waals surface area contributed by atoms with Crippen LogP contribution in [-0.4, -0.2) is 123 Å². The van der Waals surface area contributed by atoms with E-state index < -0.39 is 107 Å². The zero-order valence-corrected chi connectivity index (χ0v) is 22.4. The molecule has 41 heavy (non-hydrogen) atoms. The van der Waals surface area contributed by atoms with E-state index in [4.69, 9.17) is 29.3 Å². The number of aromatic amines is 1. The Balaban J connectivity index is 0.000000333. The minimum atomic E-state index is -5.37. The highest BCUT2D eigenvalue weighted by molar-refractivity contribution is 7.60. The van der Waals surface area contributed by atoms with Crippen LogP contribution in [0.25, 0.3) is 0 Å². The number of aromatic nitrogens is 2. The van der Waals surface area contributed by atoms with Gasteiger partial charge in [0.2, 0.25) is 11.9 Å². The van der Waals surface area contributed by atoms with Crippen molar-refractivity contribution in [2.24, 2.45) is 0 Å². The summed E-state index contributed by atoms with van der Waals surface area (Å²) in [6.45, 7) is -0.339. The van der Waals surface area contributed by atoms with Crippen LogP contribution in [0.1, 0.15) is 13.2 Å². The van der Waals surface area contributed by atoms with Gasteiger partial charge in [0.05, 0.1) is 19.3 Å². The van der Waals surface area contributed by atoms with Crippen LogP contribution in [0.2, 0.25) is 0 Å². The van der Waals surface area contributed by atoms with Gasteiger partial charge in [-0.3, -0.25) is 19.1 Å². The number of amides is 1. The molecular weight excluding hydrogens is 615 g/mol. The van der Waals surface area contributed by atoms with Gasteiger partial charge in [0.25, 0.3) is 5.56 Å². The standard InChI is InChI=1S/C9H13FN2O12P2.C8H15NO6/c10-4-1-5(13)11-9(16)12(4)8-7(15)6(14)3(23-8)2-22-26(20,21)24-25(17,18)19;1-3(11)9-5-7(13)6(12)4(2-10)15-8(5)14/h1,3,6-8,14-15H,2H2,(H,20,21)(H,11,13,16)(H2,17,18,19);4-8,10,12-14H,2H2,1H3,(H,9,11)/t3-,6-,7-,8-;4-,5-,6-,7-,8?/m11/s1. The number of aliphatic hydroxyl groups excluding tert-OH is 6. The number of hydrogen-bond acceptors (Lipinski definition) is 15. The average Bonchev–Trinajstić information content (AvgIpc) is 3.09. The van der Waals surface area contributed by atoms with Crippen LogP contribution in [0.3, 0.4) is 0 Å². The number of phosphoric ester groups is 1. The van der Waals surface area contributed by atoms with Crippen molar-refractivity contribution < 1.29 is 81.9 Å². The summed E-state index contributed by atoms with van der Waals surface area (Å²) in [5, 5.41) is 59.1. The molecule has 2 aliphatic heterocycles. The van der Waals surface area contributed by atoms with Crippen LogP contribution in [0.15, 0.2) is 15.7 Å². The maximum Gasteiger partial charge on any atom is 0.481 e. The molecule has 11 N–H and O–H groups in total. The van der Waals surface area contributed by atoms with E-state index in [-0.39, 0.29) is 4.57 Å². The molecule has 0 aliphatic carbocycles. The van der Waals surface area contributed by atoms with Gasteiger partial charge in [-0.25, -0.2) is 18.5 Å². The monoisotopic (exact) mass is 643 g/mol. The van der Waals surface area contributed by atoms with Crippen molar-refractivity contribution in [3.63, 3.8) is 0 Å². The number of carbonyl (C=O) groups is 1. The van der Waals surface area contributed by atoms with E-state index in [0.29, 0.717) is 6.07 Å². The van der Waals surface area contributed by atoms with Crippen molar-refractivity contribution in [2.45, 2.75) is 62.1 Å². The first-order valence-corrected chi connectivity index (χ1v) is 14.1. The highest BCUT2D eigenvalue weighted by atomic mass is 31.3. The van der Waals surface area contributed by atoms with Crippen LogP contribution in [0, 0.1) is 5.95 Å². The van der Waals surface area contributed by atoms with Crippen molar-refractivity contribution in [3.8, 4) is 0 Å². The number of aliphatic hydroxyl groups is 6. The van der Waals surface area contributed by atoms with Crippen LogP contribution in [-0.2, 0) is 32.2 Å². The summed E-state index contributed by atoms with van der Waals surface area (Å²) in [7, 11) is -10.6. The third-order valence-corrected chi connectivity index (χ3v) is 7.55. The number of H-pyrrole nitrogens is 1. The van der Waals surface area contributed by atoms with Gasteiger partial charge in [0.15, 0.2) is 12.5 Å². The molecule has 0 saturated carbocycles. The average molecular weight is 643 g/mol. The van der Waals surface area contributed by atoms with Crippen LogP contribution in [0.4, 0.5) is 4.39 Å². The number of nitrogens with one attached hydrogen (secondary N) is 2. The Morgan fingerprint density at radius 1 is 1.05 bits per heavy atom. The second-order valence-electron chi connectivity index (χ2n) is 8.47. The minimum Gasteiger partial charge on any atom is -0.394 e. The minimum absolute atomic E-state index is 0.181. The summed E-state index contributed by atoms with van der Waals surface area (Å²) < 4.78 is 53.4. The number of hydrogen-bond donors (Lipinski definition) is 11. The molecule has 3 rings (SSSR count). The number of rotatable bonds is 8. The summed E-state index contributed by atoms with van der Waals surface area (Å²) in [6, 6.07) is -0.718. The van der Waals surface area contributed by atoms with Crippen LogP contribution >= 0.6 is 15.6 Å². The molecule has 2 saturated heterocycles. The molecule has 236 valence electrons.